The number of hydrazone groups is 1. The number of benzene rings is 2. The van der Waals surface area contributed by atoms with Gasteiger partial charge in [0.2, 0.25) is 0 Å². The lowest BCUT2D eigenvalue weighted by Gasteiger charge is -2.10. The van der Waals surface area contributed by atoms with Crippen molar-refractivity contribution in [2.75, 3.05) is 5.75 Å². The highest BCUT2D eigenvalue weighted by molar-refractivity contribution is 7.99. The van der Waals surface area contributed by atoms with E-state index in [0.29, 0.717) is 21.8 Å². The third-order valence-corrected chi connectivity index (χ3v) is 5.47. The molecule has 1 N–H and O–H groups in total. The van der Waals surface area contributed by atoms with Crippen molar-refractivity contribution >= 4 is 35.5 Å². The molecule has 0 aliphatic rings. The van der Waals surface area contributed by atoms with E-state index in [9.17, 15) is 4.79 Å². The summed E-state index contributed by atoms with van der Waals surface area (Å²) in [6.07, 6.45) is 2.97. The second kappa shape index (κ2) is 9.63. The van der Waals surface area contributed by atoms with Gasteiger partial charge in [0, 0.05) is 16.3 Å². The Morgan fingerprint density at radius 2 is 1.94 bits per heavy atom. The molecule has 0 spiro atoms. The van der Waals surface area contributed by atoms with E-state index in [4.69, 9.17) is 16.0 Å². The number of halogens is 1. The summed E-state index contributed by atoms with van der Waals surface area (Å²) in [4.78, 5) is 12.2. The molecule has 0 radical (unpaired) electrons. The van der Waals surface area contributed by atoms with Crippen molar-refractivity contribution in [1.29, 1.82) is 0 Å². The van der Waals surface area contributed by atoms with E-state index in [-0.39, 0.29) is 11.7 Å². The standard InChI is InChI=1S/C22H18ClN5O2S/c1-15-4-6-16(7-5-15)21-26-27-22(28(21)18-10-8-17(23)9-11-18)31-14-20(29)25-24-13-19-3-2-12-30-19/h2-13H,14H2,1H3,(H,25,29)/b24-13-. The van der Waals surface area contributed by atoms with Gasteiger partial charge in [0.15, 0.2) is 11.0 Å². The fourth-order valence-electron chi connectivity index (χ4n) is 2.77. The van der Waals surface area contributed by atoms with Gasteiger partial charge in [-0.05, 0) is 43.3 Å². The van der Waals surface area contributed by atoms with Crippen molar-refractivity contribution in [3.8, 4) is 17.1 Å². The first-order chi connectivity index (χ1) is 15.1. The molecule has 0 aliphatic heterocycles. The zero-order valence-corrected chi connectivity index (χ0v) is 18.1. The maximum atomic E-state index is 12.2. The van der Waals surface area contributed by atoms with Crippen LogP contribution in [0.4, 0.5) is 0 Å². The molecule has 7 nitrogen and oxygen atoms in total. The minimum Gasteiger partial charge on any atom is -0.463 e. The highest BCUT2D eigenvalue weighted by Gasteiger charge is 2.17. The van der Waals surface area contributed by atoms with Crippen LogP contribution >= 0.6 is 23.4 Å². The Hall–Kier alpha value is -3.36. The molecule has 0 fully saturated rings. The number of hydrogen-bond donors (Lipinski definition) is 1. The molecular formula is C22H18ClN5O2S. The van der Waals surface area contributed by atoms with E-state index in [0.717, 1.165) is 16.8 Å². The molecule has 1 amide bonds. The van der Waals surface area contributed by atoms with Gasteiger partial charge in [0.25, 0.3) is 5.91 Å². The van der Waals surface area contributed by atoms with Crippen LogP contribution in [-0.2, 0) is 4.79 Å². The van der Waals surface area contributed by atoms with Gasteiger partial charge >= 0.3 is 0 Å². The Labute approximate surface area is 188 Å². The topological polar surface area (TPSA) is 85.3 Å². The molecule has 2 aromatic heterocycles. The second-order valence-electron chi connectivity index (χ2n) is 6.58. The van der Waals surface area contributed by atoms with Crippen molar-refractivity contribution in [2.45, 2.75) is 12.1 Å². The molecule has 4 rings (SSSR count). The number of aromatic nitrogens is 3. The SMILES string of the molecule is Cc1ccc(-c2nnc(SCC(=O)N/N=C\c3ccco3)n2-c2ccc(Cl)cc2)cc1. The predicted octanol–water partition coefficient (Wildman–Crippen LogP) is 4.73. The summed E-state index contributed by atoms with van der Waals surface area (Å²) >= 11 is 7.32. The number of amides is 1. The van der Waals surface area contributed by atoms with E-state index >= 15 is 0 Å². The molecule has 0 saturated carbocycles. The normalized spacial score (nSPS) is 11.2. The Bertz CT molecular complexity index is 1190. The summed E-state index contributed by atoms with van der Waals surface area (Å²) in [5.74, 6) is 1.09. The van der Waals surface area contributed by atoms with Crippen LogP contribution in [0.25, 0.3) is 17.1 Å². The maximum absolute atomic E-state index is 12.2. The first-order valence-corrected chi connectivity index (χ1v) is 10.7. The van der Waals surface area contributed by atoms with Crippen LogP contribution in [0.1, 0.15) is 11.3 Å². The van der Waals surface area contributed by atoms with E-state index in [1.54, 1.807) is 24.3 Å². The van der Waals surface area contributed by atoms with Crippen molar-refractivity contribution in [2.24, 2.45) is 5.10 Å². The predicted molar refractivity (Wildman–Crippen MR) is 122 cm³/mol. The summed E-state index contributed by atoms with van der Waals surface area (Å²) in [5.41, 5.74) is 5.41. The third kappa shape index (κ3) is 5.22. The van der Waals surface area contributed by atoms with Crippen LogP contribution in [-0.4, -0.2) is 32.6 Å². The molecular weight excluding hydrogens is 434 g/mol. The smallest absolute Gasteiger partial charge is 0.250 e. The fourth-order valence-corrected chi connectivity index (χ4v) is 3.64. The van der Waals surface area contributed by atoms with E-state index in [1.807, 2.05) is 47.9 Å². The number of aryl methyl sites for hydroxylation is 1. The van der Waals surface area contributed by atoms with Crippen LogP contribution in [0.15, 0.2) is 81.6 Å². The lowest BCUT2D eigenvalue weighted by atomic mass is 10.1. The Balaban J connectivity index is 1.54. The number of carbonyl (C=O) groups excluding carboxylic acids is 1. The summed E-state index contributed by atoms with van der Waals surface area (Å²) in [6.45, 7) is 2.03. The third-order valence-electron chi connectivity index (χ3n) is 4.28. The van der Waals surface area contributed by atoms with Crippen LogP contribution in [0, 0.1) is 6.92 Å². The molecule has 0 aliphatic carbocycles. The molecule has 4 aromatic rings. The zero-order chi connectivity index (χ0) is 21.6. The molecule has 2 aromatic carbocycles. The number of rotatable bonds is 7. The Kier molecular flexibility index (Phi) is 6.49. The average Bonchev–Trinajstić information content (AvgIpc) is 3.43. The molecule has 0 atom stereocenters. The van der Waals surface area contributed by atoms with Crippen LogP contribution in [0.5, 0.6) is 0 Å². The summed E-state index contributed by atoms with van der Waals surface area (Å²) in [6, 6.07) is 18.9. The fraction of sp³-hybridized carbons (Fsp3) is 0.0909. The summed E-state index contributed by atoms with van der Waals surface area (Å²) in [5, 5.41) is 13.8. The monoisotopic (exact) mass is 451 g/mol. The first kappa shape index (κ1) is 20.9. The van der Waals surface area contributed by atoms with Gasteiger partial charge in [-0.3, -0.25) is 9.36 Å². The van der Waals surface area contributed by atoms with Crippen LogP contribution in [0.3, 0.4) is 0 Å². The molecule has 0 saturated heterocycles. The quantitative estimate of drug-likeness (QED) is 0.249. The number of furan rings is 1. The van der Waals surface area contributed by atoms with Gasteiger partial charge in [-0.25, -0.2) is 5.43 Å². The van der Waals surface area contributed by atoms with E-state index in [2.05, 4.69) is 20.7 Å². The van der Waals surface area contributed by atoms with Crippen molar-refractivity contribution in [3.63, 3.8) is 0 Å². The number of nitrogens with zero attached hydrogens (tertiary/aromatic N) is 4. The Morgan fingerprint density at radius 3 is 2.65 bits per heavy atom. The zero-order valence-electron chi connectivity index (χ0n) is 16.5. The molecule has 9 heteroatoms. The van der Waals surface area contributed by atoms with Gasteiger partial charge in [-0.15, -0.1) is 10.2 Å². The minimum absolute atomic E-state index is 0.120. The largest absolute Gasteiger partial charge is 0.463 e. The van der Waals surface area contributed by atoms with Crippen LogP contribution < -0.4 is 5.43 Å². The molecule has 156 valence electrons. The highest BCUT2D eigenvalue weighted by Crippen LogP contribution is 2.28. The van der Waals surface area contributed by atoms with Crippen molar-refractivity contribution < 1.29 is 9.21 Å². The first-order valence-electron chi connectivity index (χ1n) is 9.37. The average molecular weight is 452 g/mol. The number of hydrogen-bond acceptors (Lipinski definition) is 6. The molecule has 0 bridgehead atoms. The van der Waals surface area contributed by atoms with Crippen LogP contribution in [0.2, 0.25) is 5.02 Å². The molecule has 0 unspecified atom stereocenters. The lowest BCUT2D eigenvalue weighted by molar-refractivity contribution is -0.118. The Morgan fingerprint density at radius 1 is 1.16 bits per heavy atom. The van der Waals surface area contributed by atoms with Crippen molar-refractivity contribution in [3.05, 3.63) is 83.3 Å². The number of carbonyl (C=O) groups is 1. The molecule has 31 heavy (non-hydrogen) atoms. The van der Waals surface area contributed by atoms with E-state index < -0.39 is 0 Å². The highest BCUT2D eigenvalue weighted by atomic mass is 35.5. The summed E-state index contributed by atoms with van der Waals surface area (Å²) < 4.78 is 7.04. The van der Waals surface area contributed by atoms with E-state index in [1.165, 1.54) is 24.2 Å². The van der Waals surface area contributed by atoms with Gasteiger partial charge < -0.3 is 4.42 Å². The number of nitrogens with one attached hydrogen (secondary N) is 1. The number of thioether (sulfide) groups is 1. The lowest BCUT2D eigenvalue weighted by Crippen LogP contribution is -2.19. The minimum atomic E-state index is -0.268. The van der Waals surface area contributed by atoms with Gasteiger partial charge in [0.1, 0.15) is 5.76 Å². The second-order valence-corrected chi connectivity index (χ2v) is 7.96. The molecule has 2 heterocycles. The van der Waals surface area contributed by atoms with Gasteiger partial charge in [-0.1, -0.05) is 53.2 Å². The van der Waals surface area contributed by atoms with Gasteiger partial charge in [-0.2, -0.15) is 5.10 Å². The van der Waals surface area contributed by atoms with Crippen molar-refractivity contribution in [1.82, 2.24) is 20.2 Å². The summed E-state index contributed by atoms with van der Waals surface area (Å²) in [7, 11) is 0. The van der Waals surface area contributed by atoms with Gasteiger partial charge in [0.05, 0.1) is 18.2 Å². The maximum Gasteiger partial charge on any atom is 0.250 e.